The topological polar surface area (TPSA) is 65.5 Å². The van der Waals surface area contributed by atoms with E-state index in [1.54, 1.807) is 14.8 Å². The molecular formula is C15H24N4O2S. The summed E-state index contributed by atoms with van der Waals surface area (Å²) in [4.78, 5) is 4.23. The largest absolute Gasteiger partial charge is 0.373 e. The molecule has 0 amide bonds. The van der Waals surface area contributed by atoms with Crippen molar-refractivity contribution < 1.29 is 8.42 Å². The lowest BCUT2D eigenvalue weighted by Gasteiger charge is -2.34. The van der Waals surface area contributed by atoms with Crippen LogP contribution >= 0.6 is 0 Å². The van der Waals surface area contributed by atoms with Crippen LogP contribution in [0.25, 0.3) is 0 Å². The Labute approximate surface area is 132 Å². The number of piperidine rings is 1. The third-order valence-electron chi connectivity index (χ3n) is 4.61. The Morgan fingerprint density at radius 3 is 2.64 bits per heavy atom. The molecule has 2 fully saturated rings. The molecule has 1 N–H and O–H groups in total. The molecular weight excluding hydrogens is 300 g/mol. The van der Waals surface area contributed by atoms with Crippen LogP contribution in [0.2, 0.25) is 0 Å². The van der Waals surface area contributed by atoms with Gasteiger partial charge in [-0.3, -0.25) is 0 Å². The number of pyridine rings is 1. The molecule has 0 spiro atoms. The van der Waals surface area contributed by atoms with Gasteiger partial charge >= 0.3 is 0 Å². The minimum absolute atomic E-state index is 0.251. The molecule has 122 valence electrons. The number of hydrogen-bond acceptors (Lipinski definition) is 4. The van der Waals surface area contributed by atoms with Gasteiger partial charge in [-0.05, 0) is 49.3 Å². The fraction of sp³-hybridized carbons (Fsp3) is 0.667. The van der Waals surface area contributed by atoms with Crippen LogP contribution in [0.3, 0.4) is 0 Å². The Morgan fingerprint density at radius 2 is 1.91 bits per heavy atom. The van der Waals surface area contributed by atoms with Crippen molar-refractivity contribution in [3.63, 3.8) is 0 Å². The van der Waals surface area contributed by atoms with Crippen molar-refractivity contribution in [2.24, 2.45) is 0 Å². The van der Waals surface area contributed by atoms with Crippen LogP contribution in [-0.2, 0) is 10.2 Å². The second-order valence-corrected chi connectivity index (χ2v) is 7.96. The SMILES string of the molecule is CNc1cc([C@H]2CCCN(S(=O)(=O)N3CCCC3)C2)ccn1. The second-order valence-electron chi connectivity index (χ2n) is 6.04. The molecule has 3 heterocycles. The number of rotatable bonds is 4. The first kappa shape index (κ1) is 15.7. The zero-order valence-electron chi connectivity index (χ0n) is 13.0. The molecule has 0 radical (unpaired) electrons. The summed E-state index contributed by atoms with van der Waals surface area (Å²) < 4.78 is 28.7. The van der Waals surface area contributed by atoms with Crippen LogP contribution in [0.1, 0.15) is 37.2 Å². The molecule has 2 aliphatic rings. The molecule has 0 aromatic carbocycles. The van der Waals surface area contributed by atoms with Crippen molar-refractivity contribution in [3.8, 4) is 0 Å². The van der Waals surface area contributed by atoms with Gasteiger partial charge in [-0.1, -0.05) is 0 Å². The highest BCUT2D eigenvalue weighted by molar-refractivity contribution is 7.86. The molecule has 2 saturated heterocycles. The Bertz CT molecular complexity index is 614. The predicted molar refractivity (Wildman–Crippen MR) is 87.1 cm³/mol. The maximum Gasteiger partial charge on any atom is 0.281 e. The molecule has 2 aliphatic heterocycles. The number of nitrogens with one attached hydrogen (secondary N) is 1. The summed E-state index contributed by atoms with van der Waals surface area (Å²) in [7, 11) is -1.44. The van der Waals surface area contributed by atoms with E-state index in [9.17, 15) is 8.42 Å². The fourth-order valence-corrected chi connectivity index (χ4v) is 5.12. The highest BCUT2D eigenvalue weighted by Gasteiger charge is 2.35. The summed E-state index contributed by atoms with van der Waals surface area (Å²) in [5, 5.41) is 3.04. The lowest BCUT2D eigenvalue weighted by atomic mass is 9.92. The highest BCUT2D eigenvalue weighted by Crippen LogP contribution is 2.30. The Morgan fingerprint density at radius 1 is 1.18 bits per heavy atom. The summed E-state index contributed by atoms with van der Waals surface area (Å²) >= 11 is 0. The zero-order valence-corrected chi connectivity index (χ0v) is 13.8. The zero-order chi connectivity index (χ0) is 15.6. The molecule has 1 aromatic rings. The fourth-order valence-electron chi connectivity index (χ4n) is 3.34. The van der Waals surface area contributed by atoms with Crippen LogP contribution in [0.4, 0.5) is 5.82 Å². The smallest absolute Gasteiger partial charge is 0.281 e. The van der Waals surface area contributed by atoms with Crippen molar-refractivity contribution in [1.29, 1.82) is 0 Å². The molecule has 3 rings (SSSR count). The van der Waals surface area contributed by atoms with E-state index in [0.29, 0.717) is 26.2 Å². The molecule has 1 aromatic heterocycles. The van der Waals surface area contributed by atoms with E-state index in [0.717, 1.165) is 31.5 Å². The van der Waals surface area contributed by atoms with Gasteiger partial charge < -0.3 is 5.32 Å². The lowest BCUT2D eigenvalue weighted by molar-refractivity contribution is 0.292. The van der Waals surface area contributed by atoms with Gasteiger partial charge in [0.1, 0.15) is 5.82 Å². The van der Waals surface area contributed by atoms with Crippen LogP contribution in [0, 0.1) is 0 Å². The summed E-state index contributed by atoms with van der Waals surface area (Å²) in [6.45, 7) is 2.55. The van der Waals surface area contributed by atoms with E-state index in [1.165, 1.54) is 5.56 Å². The summed E-state index contributed by atoms with van der Waals surface area (Å²) in [5.74, 6) is 1.08. The van der Waals surface area contributed by atoms with Crippen molar-refractivity contribution in [2.45, 2.75) is 31.6 Å². The van der Waals surface area contributed by atoms with Gasteiger partial charge in [0, 0.05) is 39.4 Å². The van der Waals surface area contributed by atoms with E-state index >= 15 is 0 Å². The number of anilines is 1. The third-order valence-corrected chi connectivity index (χ3v) is 6.62. The number of aromatic nitrogens is 1. The Kier molecular flexibility index (Phi) is 4.65. The van der Waals surface area contributed by atoms with Crippen molar-refractivity contribution in [2.75, 3.05) is 38.5 Å². The average molecular weight is 324 g/mol. The first-order chi connectivity index (χ1) is 10.6. The van der Waals surface area contributed by atoms with Crippen molar-refractivity contribution >= 4 is 16.0 Å². The van der Waals surface area contributed by atoms with Crippen LogP contribution in [0.5, 0.6) is 0 Å². The maximum absolute atomic E-state index is 12.7. The van der Waals surface area contributed by atoms with Gasteiger partial charge in [0.15, 0.2) is 0 Å². The quantitative estimate of drug-likeness (QED) is 0.914. The molecule has 0 unspecified atom stereocenters. The van der Waals surface area contributed by atoms with Crippen molar-refractivity contribution in [3.05, 3.63) is 23.9 Å². The molecule has 6 nitrogen and oxygen atoms in total. The second kappa shape index (κ2) is 6.52. The van der Waals surface area contributed by atoms with Gasteiger partial charge in [0.25, 0.3) is 10.2 Å². The van der Waals surface area contributed by atoms with E-state index in [-0.39, 0.29) is 5.92 Å². The van der Waals surface area contributed by atoms with Crippen molar-refractivity contribution in [1.82, 2.24) is 13.6 Å². The number of hydrogen-bond donors (Lipinski definition) is 1. The minimum Gasteiger partial charge on any atom is -0.373 e. The monoisotopic (exact) mass is 324 g/mol. The molecule has 1 atom stereocenters. The van der Waals surface area contributed by atoms with E-state index in [1.807, 2.05) is 19.2 Å². The third kappa shape index (κ3) is 3.11. The Balaban J connectivity index is 1.76. The van der Waals surface area contributed by atoms with Crippen LogP contribution in [-0.4, -0.2) is 55.2 Å². The average Bonchev–Trinajstić information content (AvgIpc) is 3.10. The molecule has 0 bridgehead atoms. The lowest BCUT2D eigenvalue weighted by Crippen LogP contribution is -2.46. The van der Waals surface area contributed by atoms with Gasteiger partial charge in [-0.15, -0.1) is 0 Å². The van der Waals surface area contributed by atoms with Gasteiger partial charge in [-0.2, -0.15) is 17.0 Å². The van der Waals surface area contributed by atoms with E-state index < -0.39 is 10.2 Å². The normalized spacial score (nSPS) is 24.5. The highest BCUT2D eigenvalue weighted by atomic mass is 32.2. The first-order valence-corrected chi connectivity index (χ1v) is 9.40. The van der Waals surface area contributed by atoms with E-state index in [2.05, 4.69) is 10.3 Å². The summed E-state index contributed by atoms with van der Waals surface area (Å²) in [6.07, 6.45) is 5.68. The molecule has 0 aliphatic carbocycles. The summed E-state index contributed by atoms with van der Waals surface area (Å²) in [6, 6.07) is 4.02. The van der Waals surface area contributed by atoms with Gasteiger partial charge in [-0.25, -0.2) is 4.98 Å². The van der Waals surface area contributed by atoms with E-state index in [4.69, 9.17) is 0 Å². The first-order valence-electron chi connectivity index (χ1n) is 8.00. The van der Waals surface area contributed by atoms with Crippen LogP contribution in [0.15, 0.2) is 18.3 Å². The maximum atomic E-state index is 12.7. The van der Waals surface area contributed by atoms with Gasteiger partial charge in [0.05, 0.1) is 0 Å². The van der Waals surface area contributed by atoms with Gasteiger partial charge in [0.2, 0.25) is 0 Å². The Hall–Kier alpha value is -1.18. The molecule has 7 heteroatoms. The molecule has 0 saturated carbocycles. The molecule has 22 heavy (non-hydrogen) atoms. The standard InChI is InChI=1S/C15H24N4O2S/c1-16-15-11-13(6-7-17-15)14-5-4-10-19(12-14)22(20,21)18-8-2-3-9-18/h6-7,11,14H,2-5,8-10,12H2,1H3,(H,16,17)/t14-/m0/s1. The number of nitrogens with zero attached hydrogens (tertiary/aromatic N) is 3. The predicted octanol–water partition coefficient (Wildman–Crippen LogP) is 1.64. The minimum atomic E-state index is -3.28. The summed E-state index contributed by atoms with van der Waals surface area (Å²) in [5.41, 5.74) is 1.17. The van der Waals surface area contributed by atoms with Crippen LogP contribution < -0.4 is 5.32 Å².